The van der Waals surface area contributed by atoms with E-state index in [9.17, 15) is 9.59 Å². The van der Waals surface area contributed by atoms with Crippen molar-refractivity contribution in [3.8, 4) is 0 Å². The van der Waals surface area contributed by atoms with E-state index in [0.717, 1.165) is 13.0 Å². The van der Waals surface area contributed by atoms with Gasteiger partial charge in [-0.2, -0.15) is 0 Å². The second kappa shape index (κ2) is 8.41. The van der Waals surface area contributed by atoms with Crippen LogP contribution in [0.1, 0.15) is 26.6 Å². The monoisotopic (exact) mass is 413 g/mol. The van der Waals surface area contributed by atoms with E-state index in [4.69, 9.17) is 0 Å². The molecule has 24 heavy (non-hydrogen) atoms. The molecule has 7 nitrogen and oxygen atoms in total. The number of rotatable bonds is 7. The van der Waals surface area contributed by atoms with Gasteiger partial charge in [0.05, 0.1) is 11.9 Å². The van der Waals surface area contributed by atoms with Crippen molar-refractivity contribution < 1.29 is 9.59 Å². The van der Waals surface area contributed by atoms with Gasteiger partial charge in [0.2, 0.25) is 0 Å². The zero-order valence-corrected chi connectivity index (χ0v) is 16.2. The SMILES string of the molecule is CN(C)CCCNC(=O)c1cc(NC(=O)c2cnc(Br)s2)cn1C. The summed E-state index contributed by atoms with van der Waals surface area (Å²) in [6.07, 6.45) is 4.10. The van der Waals surface area contributed by atoms with E-state index >= 15 is 0 Å². The number of nitrogens with one attached hydrogen (secondary N) is 2. The number of aryl methyl sites for hydroxylation is 1. The molecule has 9 heteroatoms. The number of hydrogen-bond acceptors (Lipinski definition) is 5. The Morgan fingerprint density at radius 3 is 2.75 bits per heavy atom. The smallest absolute Gasteiger partial charge is 0.267 e. The molecule has 2 aromatic rings. The van der Waals surface area contributed by atoms with Crippen LogP contribution in [0.15, 0.2) is 22.4 Å². The highest BCUT2D eigenvalue weighted by atomic mass is 79.9. The van der Waals surface area contributed by atoms with E-state index in [1.807, 2.05) is 14.1 Å². The first-order valence-corrected chi connectivity index (χ1v) is 8.99. The molecule has 0 radical (unpaired) electrons. The molecular weight excluding hydrogens is 394 g/mol. The summed E-state index contributed by atoms with van der Waals surface area (Å²) in [6, 6.07) is 1.66. The Morgan fingerprint density at radius 2 is 2.12 bits per heavy atom. The quantitative estimate of drug-likeness (QED) is 0.681. The van der Waals surface area contributed by atoms with Crippen LogP contribution in [0.4, 0.5) is 5.69 Å². The van der Waals surface area contributed by atoms with Gasteiger partial charge < -0.3 is 20.1 Å². The Labute approximate surface area is 153 Å². The van der Waals surface area contributed by atoms with Gasteiger partial charge in [-0.3, -0.25) is 9.59 Å². The van der Waals surface area contributed by atoms with Gasteiger partial charge in [-0.15, -0.1) is 11.3 Å². The molecule has 0 unspecified atom stereocenters. The lowest BCUT2D eigenvalue weighted by atomic mass is 10.3. The lowest BCUT2D eigenvalue weighted by Gasteiger charge is -2.10. The maximum Gasteiger partial charge on any atom is 0.267 e. The lowest BCUT2D eigenvalue weighted by molar-refractivity contribution is 0.0943. The van der Waals surface area contributed by atoms with Gasteiger partial charge >= 0.3 is 0 Å². The van der Waals surface area contributed by atoms with E-state index in [1.165, 1.54) is 17.5 Å². The van der Waals surface area contributed by atoms with Crippen molar-refractivity contribution in [2.75, 3.05) is 32.5 Å². The Morgan fingerprint density at radius 1 is 1.38 bits per heavy atom. The molecule has 2 N–H and O–H groups in total. The topological polar surface area (TPSA) is 79.3 Å². The van der Waals surface area contributed by atoms with Gasteiger partial charge in [-0.05, 0) is 49.1 Å². The van der Waals surface area contributed by atoms with Crippen LogP contribution in [0.3, 0.4) is 0 Å². The minimum Gasteiger partial charge on any atom is -0.351 e. The predicted octanol–water partition coefficient (Wildman–Crippen LogP) is 2.18. The molecule has 0 aromatic carbocycles. The van der Waals surface area contributed by atoms with Gasteiger partial charge in [0.25, 0.3) is 11.8 Å². The molecule has 2 amide bonds. The second-order valence-electron chi connectivity index (χ2n) is 5.57. The molecule has 0 bridgehead atoms. The lowest BCUT2D eigenvalue weighted by Crippen LogP contribution is -2.28. The molecule has 0 fully saturated rings. The summed E-state index contributed by atoms with van der Waals surface area (Å²) < 4.78 is 2.35. The largest absolute Gasteiger partial charge is 0.351 e. The van der Waals surface area contributed by atoms with Crippen LogP contribution in [-0.2, 0) is 7.05 Å². The number of amides is 2. The summed E-state index contributed by atoms with van der Waals surface area (Å²) in [7, 11) is 5.76. The maximum atomic E-state index is 12.2. The number of anilines is 1. The minimum atomic E-state index is -0.248. The Balaban J connectivity index is 1.94. The molecule has 0 aliphatic heterocycles. The first-order valence-electron chi connectivity index (χ1n) is 7.39. The van der Waals surface area contributed by atoms with Crippen LogP contribution < -0.4 is 10.6 Å². The van der Waals surface area contributed by atoms with Gasteiger partial charge in [0, 0.05) is 19.8 Å². The van der Waals surface area contributed by atoms with Crippen LogP contribution >= 0.6 is 27.3 Å². The van der Waals surface area contributed by atoms with Gasteiger partial charge in [-0.1, -0.05) is 0 Å². The molecule has 2 aromatic heterocycles. The first-order chi connectivity index (χ1) is 11.4. The summed E-state index contributed by atoms with van der Waals surface area (Å²) >= 11 is 4.48. The molecule has 2 heterocycles. The first kappa shape index (κ1) is 18.6. The molecule has 130 valence electrons. The zero-order chi connectivity index (χ0) is 17.7. The predicted molar refractivity (Wildman–Crippen MR) is 98.7 cm³/mol. The number of halogens is 1. The molecule has 0 saturated carbocycles. The van der Waals surface area contributed by atoms with Crippen LogP contribution in [0.25, 0.3) is 0 Å². The number of thiazole rings is 1. The van der Waals surface area contributed by atoms with E-state index in [0.29, 0.717) is 26.7 Å². The Kier molecular flexibility index (Phi) is 6.52. The van der Waals surface area contributed by atoms with Crippen LogP contribution in [0.5, 0.6) is 0 Å². The molecular formula is C15H20BrN5O2S. The average molecular weight is 414 g/mol. The van der Waals surface area contributed by atoms with Crippen LogP contribution in [-0.4, -0.2) is 53.5 Å². The van der Waals surface area contributed by atoms with Crippen molar-refractivity contribution in [2.24, 2.45) is 7.05 Å². The fourth-order valence-corrected chi connectivity index (χ4v) is 3.26. The zero-order valence-electron chi connectivity index (χ0n) is 13.8. The maximum absolute atomic E-state index is 12.2. The summed E-state index contributed by atoms with van der Waals surface area (Å²) in [4.78, 5) is 30.9. The molecule has 0 aliphatic rings. The summed E-state index contributed by atoms with van der Waals surface area (Å²) in [5, 5.41) is 5.66. The fourth-order valence-electron chi connectivity index (χ4n) is 2.10. The molecule has 0 aliphatic carbocycles. The van der Waals surface area contributed by atoms with E-state index in [-0.39, 0.29) is 11.8 Å². The third-order valence-electron chi connectivity index (χ3n) is 3.26. The fraction of sp³-hybridized carbons (Fsp3) is 0.400. The summed E-state index contributed by atoms with van der Waals surface area (Å²) in [5.41, 5.74) is 1.08. The highest BCUT2D eigenvalue weighted by Crippen LogP contribution is 2.20. The third kappa shape index (κ3) is 5.15. The highest BCUT2D eigenvalue weighted by molar-refractivity contribution is 9.11. The van der Waals surface area contributed by atoms with Gasteiger partial charge in [-0.25, -0.2) is 4.98 Å². The van der Waals surface area contributed by atoms with Crippen molar-refractivity contribution in [3.05, 3.63) is 32.9 Å². The second-order valence-corrected chi connectivity index (χ2v) is 7.88. The van der Waals surface area contributed by atoms with Crippen LogP contribution in [0.2, 0.25) is 0 Å². The number of nitrogens with zero attached hydrogens (tertiary/aromatic N) is 3. The highest BCUT2D eigenvalue weighted by Gasteiger charge is 2.15. The van der Waals surface area contributed by atoms with Crippen molar-refractivity contribution >= 4 is 44.8 Å². The Bertz CT molecular complexity index is 725. The molecule has 2 rings (SSSR count). The van der Waals surface area contributed by atoms with Crippen molar-refractivity contribution in [2.45, 2.75) is 6.42 Å². The number of carbonyl (C=O) groups excluding carboxylic acids is 2. The van der Waals surface area contributed by atoms with E-state index in [1.54, 1.807) is 23.9 Å². The Hall–Kier alpha value is -1.71. The van der Waals surface area contributed by atoms with Crippen LogP contribution in [0, 0.1) is 0 Å². The van der Waals surface area contributed by atoms with Crippen molar-refractivity contribution in [1.29, 1.82) is 0 Å². The third-order valence-corrected chi connectivity index (χ3v) is 4.74. The summed E-state index contributed by atoms with van der Waals surface area (Å²) in [6.45, 7) is 1.53. The summed E-state index contributed by atoms with van der Waals surface area (Å²) in [5.74, 6) is -0.404. The molecule has 0 atom stereocenters. The molecule has 0 saturated heterocycles. The van der Waals surface area contributed by atoms with E-state index in [2.05, 4.69) is 36.4 Å². The van der Waals surface area contributed by atoms with Crippen molar-refractivity contribution in [3.63, 3.8) is 0 Å². The number of carbonyl (C=O) groups is 2. The number of hydrogen-bond donors (Lipinski definition) is 2. The van der Waals surface area contributed by atoms with Crippen molar-refractivity contribution in [1.82, 2.24) is 19.8 Å². The average Bonchev–Trinajstić information content (AvgIpc) is 3.09. The molecule has 0 spiro atoms. The number of aromatic nitrogens is 2. The van der Waals surface area contributed by atoms with Gasteiger partial charge in [0.15, 0.2) is 3.92 Å². The minimum absolute atomic E-state index is 0.155. The standard InChI is InChI=1S/C15H20BrN5O2S/c1-20(2)6-4-5-17-13(22)11-7-10(9-21(11)3)19-14(23)12-8-18-15(16)24-12/h7-9H,4-6H2,1-3H3,(H,17,22)(H,19,23). The van der Waals surface area contributed by atoms with Gasteiger partial charge in [0.1, 0.15) is 10.6 Å². The normalized spacial score (nSPS) is 10.9. The van der Waals surface area contributed by atoms with E-state index < -0.39 is 0 Å².